The van der Waals surface area contributed by atoms with Crippen molar-refractivity contribution in [3.63, 3.8) is 0 Å². The maximum atomic E-state index is 6.13. The first-order valence-corrected chi connectivity index (χ1v) is 8.93. The summed E-state index contributed by atoms with van der Waals surface area (Å²) in [5.74, 6) is 1.32. The van der Waals surface area contributed by atoms with E-state index in [1.54, 1.807) is 0 Å². The molecule has 2 aromatic rings. The van der Waals surface area contributed by atoms with Crippen LogP contribution in [0.25, 0.3) is 10.9 Å². The first kappa shape index (κ1) is 16.9. The van der Waals surface area contributed by atoms with Gasteiger partial charge in [-0.05, 0) is 51.8 Å². The van der Waals surface area contributed by atoms with Gasteiger partial charge in [0.25, 0.3) is 0 Å². The number of anilines is 1. The summed E-state index contributed by atoms with van der Waals surface area (Å²) >= 11 is 0. The van der Waals surface area contributed by atoms with Crippen molar-refractivity contribution >= 4 is 16.9 Å². The van der Waals surface area contributed by atoms with Crippen molar-refractivity contribution in [1.82, 2.24) is 20.3 Å². The number of aromatic nitrogens is 3. The number of nitrogens with zero attached hydrogens (tertiary/aromatic N) is 3. The maximum absolute atomic E-state index is 6.13. The number of rotatable bonds is 6. The Hall–Kier alpha value is -1.95. The van der Waals surface area contributed by atoms with Gasteiger partial charge in [-0.1, -0.05) is 13.3 Å². The van der Waals surface area contributed by atoms with Crippen LogP contribution >= 0.6 is 0 Å². The van der Waals surface area contributed by atoms with E-state index in [2.05, 4.69) is 34.4 Å². The average Bonchev–Trinajstić information content (AvgIpc) is 2.59. The van der Waals surface area contributed by atoms with E-state index in [4.69, 9.17) is 9.72 Å². The largest absolute Gasteiger partial charge is 0.474 e. The van der Waals surface area contributed by atoms with Crippen LogP contribution in [0.3, 0.4) is 0 Å². The normalized spacial score (nSPS) is 17.0. The lowest BCUT2D eigenvalue weighted by atomic mass is 10.1. The third kappa shape index (κ3) is 3.93. The molecule has 0 radical (unpaired) electrons. The highest BCUT2D eigenvalue weighted by atomic mass is 16.5. The third-order valence-corrected chi connectivity index (χ3v) is 4.43. The Morgan fingerprint density at radius 3 is 2.83 bits per heavy atom. The predicted octanol–water partition coefficient (Wildman–Crippen LogP) is 3.06. The van der Waals surface area contributed by atoms with E-state index >= 15 is 0 Å². The molecule has 3 rings (SSSR count). The molecule has 6 heteroatoms. The zero-order valence-corrected chi connectivity index (χ0v) is 14.8. The molecule has 2 N–H and O–H groups in total. The summed E-state index contributed by atoms with van der Waals surface area (Å²) in [6.45, 7) is 8.35. The minimum atomic E-state index is 0.215. The van der Waals surface area contributed by atoms with Crippen LogP contribution in [0.2, 0.25) is 0 Å². The number of ether oxygens (including phenoxy) is 1. The van der Waals surface area contributed by atoms with Crippen LogP contribution in [-0.4, -0.2) is 40.2 Å². The standard InChI is InChI=1S/C18H27N5O/c1-4-5-13(3)22-18-21-11-15-16(23-18)12(2)10-20-17(15)24-14-6-8-19-9-7-14/h10-11,13-14,19H,4-9H2,1-3H3,(H,21,22,23)/t13-/m1/s1. The van der Waals surface area contributed by atoms with E-state index in [1.165, 1.54) is 0 Å². The first-order valence-electron chi connectivity index (χ1n) is 8.93. The zero-order chi connectivity index (χ0) is 16.9. The Morgan fingerprint density at radius 2 is 2.08 bits per heavy atom. The fraction of sp³-hybridized carbons (Fsp3) is 0.611. The molecule has 0 unspecified atom stereocenters. The molecule has 3 heterocycles. The van der Waals surface area contributed by atoms with Gasteiger partial charge in [0.15, 0.2) is 0 Å². The monoisotopic (exact) mass is 329 g/mol. The highest BCUT2D eigenvalue weighted by Gasteiger charge is 2.18. The van der Waals surface area contributed by atoms with E-state index < -0.39 is 0 Å². The second kappa shape index (κ2) is 7.75. The number of piperidine rings is 1. The lowest BCUT2D eigenvalue weighted by Gasteiger charge is -2.23. The van der Waals surface area contributed by atoms with Crippen molar-refractivity contribution in [2.24, 2.45) is 0 Å². The quantitative estimate of drug-likeness (QED) is 0.848. The van der Waals surface area contributed by atoms with Gasteiger partial charge < -0.3 is 15.4 Å². The predicted molar refractivity (Wildman–Crippen MR) is 96.6 cm³/mol. The molecule has 6 nitrogen and oxygen atoms in total. The van der Waals surface area contributed by atoms with Gasteiger partial charge in [-0.25, -0.2) is 15.0 Å². The van der Waals surface area contributed by atoms with Gasteiger partial charge in [-0.3, -0.25) is 0 Å². The fourth-order valence-electron chi connectivity index (χ4n) is 3.09. The van der Waals surface area contributed by atoms with Crippen LogP contribution in [0.4, 0.5) is 5.95 Å². The summed E-state index contributed by atoms with van der Waals surface area (Å²) in [7, 11) is 0. The molecule has 0 saturated carbocycles. The lowest BCUT2D eigenvalue weighted by Crippen LogP contribution is -2.34. The van der Waals surface area contributed by atoms with Crippen molar-refractivity contribution in [1.29, 1.82) is 0 Å². The summed E-state index contributed by atoms with van der Waals surface area (Å²) in [5, 5.41) is 7.61. The highest BCUT2D eigenvalue weighted by molar-refractivity contribution is 5.85. The fourth-order valence-corrected chi connectivity index (χ4v) is 3.09. The molecular weight excluding hydrogens is 302 g/mol. The second-order valence-corrected chi connectivity index (χ2v) is 6.60. The summed E-state index contributed by atoms with van der Waals surface area (Å²) in [6.07, 6.45) is 8.13. The number of fused-ring (bicyclic) bond motifs is 1. The van der Waals surface area contributed by atoms with Crippen LogP contribution in [-0.2, 0) is 0 Å². The number of hydrogen-bond acceptors (Lipinski definition) is 6. The third-order valence-electron chi connectivity index (χ3n) is 4.43. The molecule has 2 aromatic heterocycles. The van der Waals surface area contributed by atoms with Gasteiger partial charge in [-0.2, -0.15) is 0 Å². The minimum absolute atomic E-state index is 0.215. The van der Waals surface area contributed by atoms with E-state index in [0.717, 1.165) is 55.2 Å². The Kier molecular flexibility index (Phi) is 5.45. The maximum Gasteiger partial charge on any atom is 0.224 e. The minimum Gasteiger partial charge on any atom is -0.474 e. The zero-order valence-electron chi connectivity index (χ0n) is 14.8. The highest BCUT2D eigenvalue weighted by Crippen LogP contribution is 2.26. The molecular formula is C18H27N5O. The molecule has 0 amide bonds. The molecule has 1 atom stereocenters. The van der Waals surface area contributed by atoms with Gasteiger partial charge in [0, 0.05) is 18.4 Å². The molecule has 1 fully saturated rings. The molecule has 0 aliphatic carbocycles. The summed E-state index contributed by atoms with van der Waals surface area (Å²) < 4.78 is 6.13. The molecule has 0 bridgehead atoms. The number of pyridine rings is 1. The topological polar surface area (TPSA) is 72.0 Å². The summed E-state index contributed by atoms with van der Waals surface area (Å²) in [6, 6.07) is 0.361. The summed E-state index contributed by atoms with van der Waals surface area (Å²) in [5.41, 5.74) is 1.95. The van der Waals surface area contributed by atoms with Crippen LogP contribution in [0.5, 0.6) is 5.88 Å². The average molecular weight is 329 g/mol. The molecule has 0 spiro atoms. The van der Waals surface area contributed by atoms with Crippen LogP contribution in [0.1, 0.15) is 45.1 Å². The summed E-state index contributed by atoms with van der Waals surface area (Å²) in [4.78, 5) is 13.6. The van der Waals surface area contributed by atoms with Crippen molar-refractivity contribution < 1.29 is 4.74 Å². The van der Waals surface area contributed by atoms with Crippen LogP contribution in [0, 0.1) is 6.92 Å². The van der Waals surface area contributed by atoms with Crippen LogP contribution in [0.15, 0.2) is 12.4 Å². The number of aryl methyl sites for hydroxylation is 1. The second-order valence-electron chi connectivity index (χ2n) is 6.60. The van der Waals surface area contributed by atoms with E-state index in [0.29, 0.717) is 17.9 Å². The molecule has 0 aromatic carbocycles. The van der Waals surface area contributed by atoms with Crippen molar-refractivity contribution in [3.05, 3.63) is 18.0 Å². The van der Waals surface area contributed by atoms with Gasteiger partial charge in [-0.15, -0.1) is 0 Å². The Bertz CT molecular complexity index is 684. The van der Waals surface area contributed by atoms with Gasteiger partial charge in [0.05, 0.1) is 10.9 Å². The van der Waals surface area contributed by atoms with E-state index in [1.807, 2.05) is 19.3 Å². The van der Waals surface area contributed by atoms with Crippen molar-refractivity contribution in [2.45, 2.75) is 58.6 Å². The molecule has 1 aliphatic rings. The smallest absolute Gasteiger partial charge is 0.224 e. The van der Waals surface area contributed by atoms with Crippen molar-refractivity contribution in [3.8, 4) is 5.88 Å². The van der Waals surface area contributed by atoms with Crippen LogP contribution < -0.4 is 15.4 Å². The molecule has 1 saturated heterocycles. The SMILES string of the molecule is CCC[C@@H](C)Nc1ncc2c(OC3CCNCC3)ncc(C)c2n1. The molecule has 24 heavy (non-hydrogen) atoms. The number of nitrogens with one attached hydrogen (secondary N) is 2. The lowest BCUT2D eigenvalue weighted by molar-refractivity contribution is 0.158. The number of hydrogen-bond donors (Lipinski definition) is 2. The van der Waals surface area contributed by atoms with Gasteiger partial charge >= 0.3 is 0 Å². The van der Waals surface area contributed by atoms with Gasteiger partial charge in [0.1, 0.15) is 6.10 Å². The Morgan fingerprint density at radius 1 is 1.29 bits per heavy atom. The van der Waals surface area contributed by atoms with E-state index in [-0.39, 0.29) is 6.10 Å². The Labute approximate surface area is 143 Å². The van der Waals surface area contributed by atoms with Crippen molar-refractivity contribution in [2.75, 3.05) is 18.4 Å². The molecule has 1 aliphatic heterocycles. The first-order chi connectivity index (χ1) is 11.7. The Balaban J connectivity index is 1.85. The van der Waals surface area contributed by atoms with Gasteiger partial charge in [0.2, 0.25) is 11.8 Å². The van der Waals surface area contributed by atoms with E-state index in [9.17, 15) is 0 Å². The molecule has 130 valence electrons.